The van der Waals surface area contributed by atoms with Gasteiger partial charge in [-0.15, -0.1) is 0 Å². The van der Waals surface area contributed by atoms with E-state index in [0.717, 1.165) is 5.56 Å². The average Bonchev–Trinajstić information content (AvgIpc) is 2.86. The van der Waals surface area contributed by atoms with Crippen molar-refractivity contribution in [2.75, 3.05) is 12.4 Å². The molecule has 0 aliphatic carbocycles. The summed E-state index contributed by atoms with van der Waals surface area (Å²) in [5.41, 5.74) is 2.80. The Balaban J connectivity index is 1.85. The van der Waals surface area contributed by atoms with Crippen molar-refractivity contribution in [1.82, 2.24) is 9.55 Å². The summed E-state index contributed by atoms with van der Waals surface area (Å²) in [5.74, 6) is -0.296. The van der Waals surface area contributed by atoms with Crippen LogP contribution in [0.1, 0.15) is 28.9 Å². The molecule has 1 aromatic heterocycles. The number of aromatic nitrogens is 2. The summed E-state index contributed by atoms with van der Waals surface area (Å²) >= 11 is 6.65. The lowest BCUT2D eigenvalue weighted by atomic mass is 10.1. The highest BCUT2D eigenvalue weighted by Crippen LogP contribution is 2.30. The predicted octanol–water partition coefficient (Wildman–Crippen LogP) is 5.51. The highest BCUT2D eigenvalue weighted by atomic mass is 35.5. The van der Waals surface area contributed by atoms with Gasteiger partial charge >= 0.3 is 5.97 Å². The quantitative estimate of drug-likeness (QED) is 0.385. The Morgan fingerprint density at radius 3 is 2.18 bits per heavy atom. The number of methoxy groups -OCH3 is 1. The summed E-state index contributed by atoms with van der Waals surface area (Å²) in [6.45, 7) is 1.96. The molecule has 0 fully saturated rings. The van der Waals surface area contributed by atoms with Crippen molar-refractivity contribution in [3.8, 4) is 16.9 Å². The Morgan fingerprint density at radius 2 is 1.58 bits per heavy atom. The van der Waals surface area contributed by atoms with Crippen LogP contribution in [-0.4, -0.2) is 22.6 Å². The summed E-state index contributed by atoms with van der Waals surface area (Å²) in [6.07, 6.45) is 0. The Labute approximate surface area is 196 Å². The van der Waals surface area contributed by atoms with Crippen molar-refractivity contribution in [1.29, 1.82) is 0 Å². The zero-order chi connectivity index (χ0) is 23.4. The fraction of sp³-hybridized carbons (Fsp3) is 0.115. The molecule has 0 spiro atoms. The first-order chi connectivity index (χ1) is 16.0. The third-order valence-corrected chi connectivity index (χ3v) is 5.54. The minimum absolute atomic E-state index is 0.148. The molecular weight excluding hydrogens is 438 g/mol. The molecule has 1 N–H and O–H groups in total. The van der Waals surface area contributed by atoms with Crippen molar-refractivity contribution >= 4 is 23.4 Å². The average molecular weight is 460 g/mol. The molecule has 166 valence electrons. The zero-order valence-electron chi connectivity index (χ0n) is 18.2. The fourth-order valence-electron chi connectivity index (χ4n) is 3.58. The summed E-state index contributed by atoms with van der Waals surface area (Å²) in [6, 6.07) is 25.5. The molecule has 0 radical (unpaired) electrons. The number of anilines is 1. The lowest BCUT2D eigenvalue weighted by molar-refractivity contribution is 0.0601. The minimum Gasteiger partial charge on any atom is -0.465 e. The first-order valence-corrected chi connectivity index (χ1v) is 10.8. The molecule has 7 heteroatoms. The van der Waals surface area contributed by atoms with Gasteiger partial charge in [0.25, 0.3) is 5.56 Å². The standard InChI is InChI=1S/C26H22ClN3O3/c1-17(18-9-5-3-6-10-18)28-24-25(31)30(21-11-7-4-8-12-21)22(23(27)29-24)19-13-15-20(16-14-19)26(32)33-2/h3-17H,1-2H3,(H,28,29)/t17-/m1/s1. The topological polar surface area (TPSA) is 73.2 Å². The van der Waals surface area contributed by atoms with Crippen LogP contribution in [-0.2, 0) is 4.74 Å². The number of carbonyl (C=O) groups excluding carboxylic acids is 1. The second-order valence-corrected chi connectivity index (χ2v) is 7.78. The summed E-state index contributed by atoms with van der Waals surface area (Å²) < 4.78 is 6.30. The van der Waals surface area contributed by atoms with Crippen LogP contribution in [0.4, 0.5) is 5.82 Å². The van der Waals surface area contributed by atoms with E-state index in [1.807, 2.05) is 67.6 Å². The molecule has 0 saturated heterocycles. The second-order valence-electron chi connectivity index (χ2n) is 7.42. The number of carbonyl (C=O) groups is 1. The Morgan fingerprint density at radius 1 is 0.970 bits per heavy atom. The third kappa shape index (κ3) is 4.66. The number of hydrogen-bond acceptors (Lipinski definition) is 5. The molecular formula is C26H22ClN3O3. The van der Waals surface area contributed by atoms with Crippen LogP contribution in [0.2, 0.25) is 5.15 Å². The van der Waals surface area contributed by atoms with Crippen LogP contribution < -0.4 is 10.9 Å². The Kier molecular flexibility index (Phi) is 6.56. The van der Waals surface area contributed by atoms with E-state index in [2.05, 4.69) is 10.3 Å². The Bertz CT molecular complexity index is 1320. The van der Waals surface area contributed by atoms with E-state index in [9.17, 15) is 9.59 Å². The smallest absolute Gasteiger partial charge is 0.337 e. The van der Waals surface area contributed by atoms with Crippen LogP contribution >= 0.6 is 11.6 Å². The molecule has 0 saturated carbocycles. The van der Waals surface area contributed by atoms with Gasteiger partial charge in [0.15, 0.2) is 11.0 Å². The SMILES string of the molecule is COC(=O)c1ccc(-c2c(Cl)nc(N[C@H](C)c3ccccc3)c(=O)n2-c2ccccc2)cc1. The van der Waals surface area contributed by atoms with Gasteiger partial charge in [-0.05, 0) is 36.8 Å². The predicted molar refractivity (Wildman–Crippen MR) is 130 cm³/mol. The zero-order valence-corrected chi connectivity index (χ0v) is 18.9. The van der Waals surface area contributed by atoms with Crippen LogP contribution in [0, 0.1) is 0 Å². The molecule has 3 aromatic carbocycles. The number of ether oxygens (including phenoxy) is 1. The molecule has 0 unspecified atom stereocenters. The molecule has 4 aromatic rings. The maximum absolute atomic E-state index is 13.6. The molecule has 1 heterocycles. The number of esters is 1. The summed E-state index contributed by atoms with van der Waals surface area (Å²) in [5, 5.41) is 3.36. The van der Waals surface area contributed by atoms with Crippen molar-refractivity contribution in [2.45, 2.75) is 13.0 Å². The number of nitrogens with zero attached hydrogens (tertiary/aromatic N) is 2. The van der Waals surface area contributed by atoms with Gasteiger partial charge in [-0.2, -0.15) is 0 Å². The van der Waals surface area contributed by atoms with Crippen LogP contribution in [0.5, 0.6) is 0 Å². The number of para-hydroxylation sites is 1. The number of rotatable bonds is 6. The van der Waals surface area contributed by atoms with E-state index in [-0.39, 0.29) is 22.6 Å². The molecule has 0 amide bonds. The Hall–Kier alpha value is -3.90. The van der Waals surface area contributed by atoms with Crippen molar-refractivity contribution in [3.63, 3.8) is 0 Å². The van der Waals surface area contributed by atoms with Gasteiger partial charge in [0, 0.05) is 11.3 Å². The monoisotopic (exact) mass is 459 g/mol. The van der Waals surface area contributed by atoms with Gasteiger partial charge in [0.05, 0.1) is 24.4 Å². The van der Waals surface area contributed by atoms with E-state index in [4.69, 9.17) is 16.3 Å². The first kappa shape index (κ1) is 22.3. The van der Waals surface area contributed by atoms with Crippen LogP contribution in [0.25, 0.3) is 16.9 Å². The highest BCUT2D eigenvalue weighted by Gasteiger charge is 2.20. The summed E-state index contributed by atoms with van der Waals surface area (Å²) in [4.78, 5) is 29.8. The van der Waals surface area contributed by atoms with E-state index in [0.29, 0.717) is 22.5 Å². The molecule has 0 aliphatic heterocycles. The van der Waals surface area contributed by atoms with Crippen LogP contribution in [0.15, 0.2) is 89.7 Å². The largest absolute Gasteiger partial charge is 0.465 e. The van der Waals surface area contributed by atoms with Crippen LogP contribution in [0.3, 0.4) is 0 Å². The molecule has 0 bridgehead atoms. The van der Waals surface area contributed by atoms with E-state index >= 15 is 0 Å². The molecule has 33 heavy (non-hydrogen) atoms. The highest BCUT2D eigenvalue weighted by molar-refractivity contribution is 6.32. The molecule has 0 aliphatic rings. The van der Waals surface area contributed by atoms with Gasteiger partial charge in [-0.1, -0.05) is 72.3 Å². The molecule has 6 nitrogen and oxygen atoms in total. The van der Waals surface area contributed by atoms with Crippen molar-refractivity contribution in [2.24, 2.45) is 0 Å². The lowest BCUT2D eigenvalue weighted by Gasteiger charge is -2.19. The molecule has 4 rings (SSSR count). The van der Waals surface area contributed by atoms with Crippen molar-refractivity contribution < 1.29 is 9.53 Å². The number of hydrogen-bond donors (Lipinski definition) is 1. The minimum atomic E-state index is -0.444. The van der Waals surface area contributed by atoms with Gasteiger partial charge in [-0.25, -0.2) is 9.78 Å². The lowest BCUT2D eigenvalue weighted by Crippen LogP contribution is -2.26. The van der Waals surface area contributed by atoms with Gasteiger partial charge < -0.3 is 10.1 Å². The second kappa shape index (κ2) is 9.71. The summed E-state index contributed by atoms with van der Waals surface area (Å²) in [7, 11) is 1.33. The van der Waals surface area contributed by atoms with E-state index in [1.54, 1.807) is 24.3 Å². The van der Waals surface area contributed by atoms with Gasteiger partial charge in [-0.3, -0.25) is 9.36 Å². The fourth-order valence-corrected chi connectivity index (χ4v) is 3.85. The van der Waals surface area contributed by atoms with Gasteiger partial charge in [0.2, 0.25) is 0 Å². The maximum Gasteiger partial charge on any atom is 0.337 e. The number of halogens is 1. The molecule has 1 atom stereocenters. The maximum atomic E-state index is 13.6. The van der Waals surface area contributed by atoms with Gasteiger partial charge in [0.1, 0.15) is 0 Å². The van der Waals surface area contributed by atoms with E-state index in [1.165, 1.54) is 11.7 Å². The number of nitrogens with one attached hydrogen (secondary N) is 1. The third-order valence-electron chi connectivity index (χ3n) is 5.28. The normalized spacial score (nSPS) is 11.6. The first-order valence-electron chi connectivity index (χ1n) is 10.4. The number of benzene rings is 3. The van der Waals surface area contributed by atoms with E-state index < -0.39 is 5.97 Å². The van der Waals surface area contributed by atoms with Crippen molar-refractivity contribution in [3.05, 3.63) is 112 Å².